The third-order valence-electron chi connectivity index (χ3n) is 13.5. The minimum Gasteiger partial charge on any atom is -0.508 e. The van der Waals surface area contributed by atoms with E-state index in [0.717, 1.165) is 13.2 Å². The molecule has 20 nitrogen and oxygen atoms in total. The Bertz CT molecular complexity index is 2640. The number of rotatable bonds is 4. The largest absolute Gasteiger partial charge is 0.508 e. The molecule has 0 spiro atoms. The van der Waals surface area contributed by atoms with Crippen LogP contribution in [-0.4, -0.2) is 112 Å². The van der Waals surface area contributed by atoms with Crippen LogP contribution in [0.25, 0.3) is 11.5 Å². The molecule has 2 aromatic carbocycles. The molecule has 0 radical (unpaired) electrons. The summed E-state index contributed by atoms with van der Waals surface area (Å²) in [6.07, 6.45) is -0.773. The second-order valence-corrected chi connectivity index (χ2v) is 16.1. The molecule has 0 heterocycles. The Morgan fingerprint density at radius 1 is 0.738 bits per heavy atom. The molecule has 0 saturated heterocycles. The van der Waals surface area contributed by atoms with Crippen LogP contribution in [0.1, 0.15) is 53.9 Å². The number of nitrogens with two attached hydrogens (primary N) is 3. The van der Waals surface area contributed by atoms with Gasteiger partial charge < -0.3 is 68.1 Å². The van der Waals surface area contributed by atoms with Crippen molar-refractivity contribution in [3.63, 3.8) is 0 Å². The van der Waals surface area contributed by atoms with E-state index in [2.05, 4.69) is 5.32 Å². The van der Waals surface area contributed by atoms with Gasteiger partial charge in [-0.15, -0.1) is 0 Å². The van der Waals surface area contributed by atoms with Crippen LogP contribution in [0.2, 0.25) is 0 Å². The quantitative estimate of drug-likeness (QED) is 0.104. The zero-order chi connectivity index (χ0) is 44.7. The minimum atomic E-state index is -3.16. The number of aliphatic hydroxyl groups excluding tert-OH is 4. The molecule has 0 unspecified atom stereocenters. The molecule has 318 valence electrons. The minimum absolute atomic E-state index is 0.0677. The Kier molecular flexibility index (Phi) is 8.93. The van der Waals surface area contributed by atoms with Gasteiger partial charge in [0.05, 0.1) is 41.9 Å². The highest BCUT2D eigenvalue weighted by atomic mass is 16.5. The van der Waals surface area contributed by atoms with Gasteiger partial charge in [-0.05, 0) is 47.9 Å². The molecule has 2 amide bonds. The highest BCUT2D eigenvalue weighted by Crippen LogP contribution is 2.58. The van der Waals surface area contributed by atoms with Crippen molar-refractivity contribution in [3.05, 3.63) is 86.4 Å². The number of carbonyl (C=O) groups is 7. The number of carbonyl (C=O) groups excluding carboxylic acids is 7. The van der Waals surface area contributed by atoms with Crippen molar-refractivity contribution in [2.75, 3.05) is 12.4 Å². The number of aliphatic hydroxyl groups is 6. The Balaban J connectivity index is 1.19. The summed E-state index contributed by atoms with van der Waals surface area (Å²) in [6, 6.07) is 2.84. The standard InChI is InChI=1S/C41H38N4O16/c1-10-11-6-7-17(28(47)21(11)30(49)22-13(10)8-15-26(42)31(50)24(37(44)56)35(54)40(15,59)33(22)52)45-38(57)25-32(51)27(43)16-9-14-19(39(58)61-2)12-4-3-5-18(46)20(12)29(48)23(14)34(53)41(16,60)36(25)55/h3-7,10,13-16,19,26-27,46-49,54-55,59-60H,8-9,42-43H2,1-2H3,(H2,44,56)(H,45,57)/t10-,13-,14-,15+,16+,19-,26+,27+,40+,41+/m1/s1. The van der Waals surface area contributed by atoms with Gasteiger partial charge >= 0.3 is 5.97 Å². The SMILES string of the molecule is COC(=O)[C@@H]1c2cccc(O)c2C(O)=C2C(=O)[C@]3(O)C(O)=C(C(=O)Nc4ccc5c(c4O)C(O)=C4C(=O)[C@]6(O)C(O)=C(C(N)=O)C(=O)[C@@H](N)[C@@H]6C[C@@H]4[C@@H]5C)C(=O)[C@@H](N)[C@@H]3C[C@@H]21. The number of methoxy groups -OCH3 is 1. The fraction of sp³-hybridized carbons (Fsp3) is 0.341. The second kappa shape index (κ2) is 13.3. The number of aromatic hydroxyl groups is 2. The van der Waals surface area contributed by atoms with E-state index in [1.165, 1.54) is 24.3 Å². The van der Waals surface area contributed by atoms with Crippen molar-refractivity contribution < 1.29 is 79.2 Å². The molecule has 6 aliphatic carbocycles. The predicted molar refractivity (Wildman–Crippen MR) is 205 cm³/mol. The highest BCUT2D eigenvalue weighted by Gasteiger charge is 2.66. The van der Waals surface area contributed by atoms with Gasteiger partial charge in [-0.2, -0.15) is 0 Å². The van der Waals surface area contributed by atoms with Crippen LogP contribution in [0.4, 0.5) is 5.69 Å². The van der Waals surface area contributed by atoms with E-state index in [4.69, 9.17) is 21.9 Å². The fourth-order valence-corrected chi connectivity index (χ4v) is 10.4. The molecular weight excluding hydrogens is 804 g/mol. The first-order chi connectivity index (χ1) is 28.6. The first-order valence-electron chi connectivity index (χ1n) is 18.8. The number of ether oxygens (including phenoxy) is 1. The van der Waals surface area contributed by atoms with Gasteiger partial charge in [0.25, 0.3) is 11.8 Å². The number of fused-ring (bicyclic) bond motifs is 6. The summed E-state index contributed by atoms with van der Waals surface area (Å²) < 4.78 is 4.96. The van der Waals surface area contributed by atoms with E-state index in [9.17, 15) is 74.4 Å². The molecule has 6 aliphatic rings. The number of Topliss-reactive ketones (excluding diaryl/α,β-unsaturated/α-hetero) is 4. The lowest BCUT2D eigenvalue weighted by atomic mass is 9.55. The third-order valence-corrected chi connectivity index (χ3v) is 13.5. The molecule has 15 N–H and O–H groups in total. The maximum atomic E-state index is 14.4. The molecule has 8 rings (SSSR count). The van der Waals surface area contributed by atoms with Crippen molar-refractivity contribution in [2.24, 2.45) is 40.9 Å². The first-order valence-corrected chi connectivity index (χ1v) is 18.8. The summed E-state index contributed by atoms with van der Waals surface area (Å²) in [5.74, 6) is -22.7. The predicted octanol–water partition coefficient (Wildman–Crippen LogP) is -0.536. The van der Waals surface area contributed by atoms with Gasteiger partial charge in [-0.1, -0.05) is 25.1 Å². The lowest BCUT2D eigenvalue weighted by molar-refractivity contribution is -0.152. The second-order valence-electron chi connectivity index (χ2n) is 16.1. The van der Waals surface area contributed by atoms with Gasteiger partial charge in [0.2, 0.25) is 11.6 Å². The van der Waals surface area contributed by atoms with E-state index >= 15 is 0 Å². The summed E-state index contributed by atoms with van der Waals surface area (Å²) in [5.41, 5.74) is 6.90. The topological polar surface area (TPSA) is 381 Å². The lowest BCUT2D eigenvalue weighted by Gasteiger charge is -2.49. The van der Waals surface area contributed by atoms with Crippen LogP contribution < -0.4 is 22.5 Å². The molecule has 0 aliphatic heterocycles. The summed E-state index contributed by atoms with van der Waals surface area (Å²) in [4.78, 5) is 94.4. The van der Waals surface area contributed by atoms with Gasteiger partial charge in [0, 0.05) is 28.9 Å². The molecule has 61 heavy (non-hydrogen) atoms. The Labute approximate surface area is 342 Å². The van der Waals surface area contributed by atoms with Crippen molar-refractivity contribution in [3.8, 4) is 11.5 Å². The molecule has 2 fully saturated rings. The maximum absolute atomic E-state index is 14.4. The number of phenolic OH excluding ortho intramolecular Hbond substituents is 2. The first kappa shape index (κ1) is 40.9. The van der Waals surface area contributed by atoms with Crippen LogP contribution in [0.5, 0.6) is 11.5 Å². The van der Waals surface area contributed by atoms with Crippen LogP contribution in [0.3, 0.4) is 0 Å². The normalized spacial score (nSPS) is 33.0. The van der Waals surface area contributed by atoms with Crippen LogP contribution in [0, 0.1) is 23.7 Å². The number of hydrogen-bond donors (Lipinski definition) is 12. The maximum Gasteiger partial charge on any atom is 0.313 e. The Morgan fingerprint density at radius 2 is 1.26 bits per heavy atom. The average Bonchev–Trinajstić information content (AvgIpc) is 3.20. The Morgan fingerprint density at radius 3 is 1.84 bits per heavy atom. The summed E-state index contributed by atoms with van der Waals surface area (Å²) >= 11 is 0. The lowest BCUT2D eigenvalue weighted by Crippen LogP contribution is -2.65. The van der Waals surface area contributed by atoms with E-state index in [1.54, 1.807) is 6.92 Å². The molecule has 2 aromatic rings. The number of benzene rings is 2. The third kappa shape index (κ3) is 5.03. The number of hydrogen-bond acceptors (Lipinski definition) is 18. The number of anilines is 1. The molecule has 2 saturated carbocycles. The zero-order valence-corrected chi connectivity index (χ0v) is 32.0. The van der Waals surface area contributed by atoms with Gasteiger partial charge in [-0.3, -0.25) is 33.6 Å². The molecular formula is C41H38N4O16. The number of amides is 2. The monoisotopic (exact) mass is 842 g/mol. The Hall–Kier alpha value is -6.87. The van der Waals surface area contributed by atoms with Crippen LogP contribution >= 0.6 is 0 Å². The van der Waals surface area contributed by atoms with Gasteiger partial charge in [-0.25, -0.2) is 0 Å². The summed E-state index contributed by atoms with van der Waals surface area (Å²) in [6.45, 7) is 1.58. The fourth-order valence-electron chi connectivity index (χ4n) is 10.4. The summed E-state index contributed by atoms with van der Waals surface area (Å²) in [5, 5.41) is 93.6. The summed E-state index contributed by atoms with van der Waals surface area (Å²) in [7, 11) is 1.06. The van der Waals surface area contributed by atoms with Crippen molar-refractivity contribution in [1.29, 1.82) is 0 Å². The number of ketones is 4. The van der Waals surface area contributed by atoms with Crippen molar-refractivity contribution in [2.45, 2.75) is 54.9 Å². The van der Waals surface area contributed by atoms with E-state index in [1.807, 2.05) is 0 Å². The smallest absolute Gasteiger partial charge is 0.313 e. The van der Waals surface area contributed by atoms with Crippen molar-refractivity contribution >= 4 is 58.1 Å². The number of primary amides is 1. The average molecular weight is 843 g/mol. The van der Waals surface area contributed by atoms with Crippen LogP contribution in [0.15, 0.2) is 64.1 Å². The number of nitrogens with one attached hydrogen (secondary N) is 1. The number of esters is 1. The van der Waals surface area contributed by atoms with Crippen molar-refractivity contribution in [1.82, 2.24) is 0 Å². The van der Waals surface area contributed by atoms with Crippen LogP contribution in [-0.2, 0) is 38.3 Å². The molecule has 0 bridgehead atoms. The van der Waals surface area contributed by atoms with E-state index < -0.39 is 174 Å². The molecule has 10 atom stereocenters. The highest BCUT2D eigenvalue weighted by molar-refractivity contribution is 6.28. The zero-order valence-electron chi connectivity index (χ0n) is 32.0. The van der Waals surface area contributed by atoms with Gasteiger partial charge in [0.15, 0.2) is 22.8 Å². The van der Waals surface area contributed by atoms with Gasteiger partial charge in [0.1, 0.15) is 45.7 Å². The van der Waals surface area contributed by atoms with E-state index in [0.29, 0.717) is 0 Å². The number of phenols is 2. The van der Waals surface area contributed by atoms with E-state index in [-0.39, 0.29) is 23.1 Å². The molecule has 0 aromatic heterocycles. The molecule has 20 heteroatoms.